The molecule has 3 aromatic heterocycles. The van der Waals surface area contributed by atoms with Gasteiger partial charge in [0.1, 0.15) is 5.52 Å². The van der Waals surface area contributed by atoms with E-state index in [1.54, 1.807) is 4.68 Å². The van der Waals surface area contributed by atoms with Gasteiger partial charge in [-0.2, -0.15) is 0 Å². The van der Waals surface area contributed by atoms with Crippen LogP contribution in [0.3, 0.4) is 0 Å². The summed E-state index contributed by atoms with van der Waals surface area (Å²) >= 11 is 1.45. The van der Waals surface area contributed by atoms with Gasteiger partial charge in [0.25, 0.3) is 0 Å². The van der Waals surface area contributed by atoms with Crippen LogP contribution < -0.4 is 5.73 Å². The first-order valence-corrected chi connectivity index (χ1v) is 7.93. The summed E-state index contributed by atoms with van der Waals surface area (Å²) in [5, 5.41) is 8.68. The first-order chi connectivity index (χ1) is 11.1. The van der Waals surface area contributed by atoms with Crippen LogP contribution in [0.2, 0.25) is 0 Å². The largest absolute Gasteiger partial charge is 0.375 e. The van der Waals surface area contributed by atoms with Gasteiger partial charge >= 0.3 is 0 Å². The van der Waals surface area contributed by atoms with Crippen molar-refractivity contribution in [3.63, 3.8) is 0 Å². The summed E-state index contributed by atoms with van der Waals surface area (Å²) in [6.45, 7) is 1.97. The van der Waals surface area contributed by atoms with Crippen molar-refractivity contribution >= 4 is 27.5 Å². The summed E-state index contributed by atoms with van der Waals surface area (Å²) in [6.07, 6.45) is 0. The molecule has 23 heavy (non-hydrogen) atoms. The van der Waals surface area contributed by atoms with Gasteiger partial charge in [-0.3, -0.25) is 4.98 Å². The molecule has 4 rings (SSSR count). The maximum atomic E-state index is 5.96. The van der Waals surface area contributed by atoms with Crippen LogP contribution in [-0.2, 0) is 7.05 Å². The predicted molar refractivity (Wildman–Crippen MR) is 92.0 cm³/mol. The molecule has 0 aliphatic heterocycles. The summed E-state index contributed by atoms with van der Waals surface area (Å²) < 4.78 is 1.75. The van der Waals surface area contributed by atoms with Crippen LogP contribution in [0.15, 0.2) is 36.4 Å². The van der Waals surface area contributed by atoms with E-state index in [9.17, 15) is 0 Å². The highest BCUT2D eigenvalue weighted by Crippen LogP contribution is 2.37. The normalized spacial score (nSPS) is 11.2. The fraction of sp³-hybridized carbons (Fsp3) is 0.125. The number of benzene rings is 1. The Morgan fingerprint density at radius 1 is 1.13 bits per heavy atom. The maximum Gasteiger partial charge on any atom is 0.181 e. The zero-order valence-electron chi connectivity index (χ0n) is 12.7. The summed E-state index contributed by atoms with van der Waals surface area (Å²) in [7, 11) is 1.87. The van der Waals surface area contributed by atoms with E-state index in [0.717, 1.165) is 38.6 Å². The van der Waals surface area contributed by atoms with E-state index >= 15 is 0 Å². The summed E-state index contributed by atoms with van der Waals surface area (Å²) in [5.41, 5.74) is 11.4. The molecule has 4 aromatic rings. The monoisotopic (exact) mass is 322 g/mol. The first-order valence-electron chi connectivity index (χ1n) is 7.12. The Bertz CT molecular complexity index is 1020. The van der Waals surface area contributed by atoms with Gasteiger partial charge < -0.3 is 5.73 Å². The van der Waals surface area contributed by atoms with Crippen molar-refractivity contribution in [1.82, 2.24) is 25.0 Å². The highest BCUT2D eigenvalue weighted by Gasteiger charge is 2.16. The van der Waals surface area contributed by atoms with E-state index in [-0.39, 0.29) is 0 Å². The molecule has 0 atom stereocenters. The number of nitrogen functional groups attached to an aromatic ring is 1. The second-order valence-corrected chi connectivity index (χ2v) is 6.34. The van der Waals surface area contributed by atoms with Crippen LogP contribution in [0, 0.1) is 6.92 Å². The number of anilines is 1. The number of fused-ring (bicyclic) bond motifs is 1. The van der Waals surface area contributed by atoms with Gasteiger partial charge in [0, 0.05) is 18.3 Å². The minimum absolute atomic E-state index is 0.529. The molecule has 0 unspecified atom stereocenters. The van der Waals surface area contributed by atoms with Gasteiger partial charge in [0.05, 0.1) is 21.8 Å². The fourth-order valence-electron chi connectivity index (χ4n) is 2.55. The minimum atomic E-state index is 0.529. The topological polar surface area (TPSA) is 82.5 Å². The number of nitrogens with zero attached hydrogens (tertiary/aromatic N) is 5. The number of hydrogen-bond donors (Lipinski definition) is 1. The van der Waals surface area contributed by atoms with E-state index in [1.807, 2.05) is 50.4 Å². The van der Waals surface area contributed by atoms with E-state index in [1.165, 1.54) is 11.3 Å². The molecule has 0 saturated heterocycles. The van der Waals surface area contributed by atoms with E-state index < -0.39 is 0 Å². The third kappa shape index (κ3) is 2.35. The first kappa shape index (κ1) is 13.8. The lowest BCUT2D eigenvalue weighted by Crippen LogP contribution is -1.91. The number of pyridine rings is 1. The molecular formula is C16H14N6S. The lowest BCUT2D eigenvalue weighted by atomic mass is 10.1. The Labute approximate surface area is 136 Å². The van der Waals surface area contributed by atoms with Crippen molar-refractivity contribution in [3.05, 3.63) is 42.1 Å². The Morgan fingerprint density at radius 3 is 2.83 bits per heavy atom. The van der Waals surface area contributed by atoms with Gasteiger partial charge in [-0.05, 0) is 31.2 Å². The van der Waals surface area contributed by atoms with Crippen LogP contribution in [0.1, 0.15) is 5.69 Å². The number of thiazole rings is 1. The van der Waals surface area contributed by atoms with Crippen LogP contribution in [0.4, 0.5) is 5.13 Å². The van der Waals surface area contributed by atoms with Crippen LogP contribution >= 0.6 is 11.3 Å². The van der Waals surface area contributed by atoms with Crippen molar-refractivity contribution in [2.75, 3.05) is 5.73 Å². The van der Waals surface area contributed by atoms with Gasteiger partial charge in [0.2, 0.25) is 0 Å². The summed E-state index contributed by atoms with van der Waals surface area (Å²) in [4.78, 5) is 10.1. The third-order valence-corrected chi connectivity index (χ3v) is 4.56. The lowest BCUT2D eigenvalue weighted by molar-refractivity contribution is 0.736. The second kappa shape index (κ2) is 5.13. The van der Waals surface area contributed by atoms with E-state index in [2.05, 4.69) is 20.3 Å². The van der Waals surface area contributed by atoms with Gasteiger partial charge in [-0.1, -0.05) is 28.7 Å². The molecule has 0 bridgehead atoms. The molecule has 2 N–H and O–H groups in total. The number of rotatable bonds is 2. The molecule has 0 amide bonds. The molecule has 0 spiro atoms. The molecule has 7 heteroatoms. The molecule has 0 fully saturated rings. The highest BCUT2D eigenvalue weighted by atomic mass is 32.1. The standard InChI is InChI=1S/C16H14N6S/c1-9-4-3-5-12(18-9)15-14(19-16(17)23-15)10-6-7-11-13(8-10)22(2)21-20-11/h3-8H,1-2H3,(H2,17,19). The molecule has 6 nitrogen and oxygen atoms in total. The minimum Gasteiger partial charge on any atom is -0.375 e. The van der Waals surface area contributed by atoms with Gasteiger partial charge in [-0.25, -0.2) is 9.67 Å². The molecule has 0 saturated carbocycles. The number of nitrogens with two attached hydrogens (primary N) is 1. The molecule has 3 heterocycles. The average molecular weight is 322 g/mol. The molecule has 114 valence electrons. The molecule has 0 aliphatic rings. The zero-order chi connectivity index (χ0) is 16.0. The number of aryl methyl sites for hydroxylation is 2. The van der Waals surface area contributed by atoms with Gasteiger partial charge in [0.15, 0.2) is 5.13 Å². The van der Waals surface area contributed by atoms with Crippen molar-refractivity contribution in [1.29, 1.82) is 0 Å². The highest BCUT2D eigenvalue weighted by molar-refractivity contribution is 7.19. The van der Waals surface area contributed by atoms with Crippen molar-refractivity contribution in [2.24, 2.45) is 7.05 Å². The smallest absolute Gasteiger partial charge is 0.181 e. The van der Waals surface area contributed by atoms with E-state index in [0.29, 0.717) is 5.13 Å². The zero-order valence-corrected chi connectivity index (χ0v) is 13.5. The fourth-order valence-corrected chi connectivity index (χ4v) is 3.38. The molecule has 0 aliphatic carbocycles. The summed E-state index contributed by atoms with van der Waals surface area (Å²) in [5.74, 6) is 0. The third-order valence-electron chi connectivity index (χ3n) is 3.65. The van der Waals surface area contributed by atoms with Gasteiger partial charge in [-0.15, -0.1) is 5.10 Å². The Kier molecular flexibility index (Phi) is 3.09. The van der Waals surface area contributed by atoms with E-state index in [4.69, 9.17) is 5.73 Å². The quantitative estimate of drug-likeness (QED) is 0.613. The Balaban J connectivity index is 1.92. The second-order valence-electron chi connectivity index (χ2n) is 5.31. The Morgan fingerprint density at radius 2 is 2.00 bits per heavy atom. The number of hydrogen-bond acceptors (Lipinski definition) is 6. The predicted octanol–water partition coefficient (Wildman–Crippen LogP) is 3.04. The van der Waals surface area contributed by atoms with Crippen molar-refractivity contribution in [2.45, 2.75) is 6.92 Å². The van der Waals surface area contributed by atoms with Crippen LogP contribution in [0.25, 0.3) is 32.9 Å². The SMILES string of the molecule is Cc1cccc(-c2sc(N)nc2-c2ccc3nnn(C)c3c2)n1. The van der Waals surface area contributed by atoms with Crippen LogP contribution in [-0.4, -0.2) is 25.0 Å². The van der Waals surface area contributed by atoms with Crippen molar-refractivity contribution in [3.8, 4) is 21.8 Å². The number of aromatic nitrogens is 5. The average Bonchev–Trinajstić information content (AvgIpc) is 3.11. The van der Waals surface area contributed by atoms with Crippen molar-refractivity contribution < 1.29 is 0 Å². The Hall–Kier alpha value is -2.80. The molecule has 1 aromatic carbocycles. The van der Waals surface area contributed by atoms with Crippen LogP contribution in [0.5, 0.6) is 0 Å². The maximum absolute atomic E-state index is 5.96. The lowest BCUT2D eigenvalue weighted by Gasteiger charge is -2.03. The summed E-state index contributed by atoms with van der Waals surface area (Å²) in [6, 6.07) is 11.9. The molecular weight excluding hydrogens is 308 g/mol. The molecule has 0 radical (unpaired) electrons.